The quantitative estimate of drug-likeness (QED) is 0.495. The van der Waals surface area contributed by atoms with Crippen molar-refractivity contribution in [1.82, 2.24) is 10.6 Å². The molecule has 0 aliphatic carbocycles. The Hall–Kier alpha value is -1.14. The summed E-state index contributed by atoms with van der Waals surface area (Å²) in [5.74, 6) is -0.556. The molecule has 1 rings (SSSR count). The second-order valence-electron chi connectivity index (χ2n) is 5.99. The van der Waals surface area contributed by atoms with Crippen LogP contribution >= 0.6 is 0 Å². The zero-order chi connectivity index (χ0) is 16.2. The van der Waals surface area contributed by atoms with Crippen LogP contribution in [0.2, 0.25) is 0 Å². The molecular formula is C16H32N3O3+. The van der Waals surface area contributed by atoms with E-state index in [1.807, 2.05) is 0 Å². The first-order valence-corrected chi connectivity index (χ1v) is 8.64. The molecule has 6 heteroatoms. The standard InChI is InChI=1S/C16H31N3O3/c1-3-5-6-14(4-2)13-18-16(21)15(20)17-7-8-19-9-11-22-12-10-19/h14H,3-13H2,1-2H3,(H,17,20)(H,18,21)/p+1/t14-/m0/s1. The SMILES string of the molecule is CCCC[C@H](CC)CNC(=O)C(=O)NCC[NH+]1CCOCC1. The molecular weight excluding hydrogens is 282 g/mol. The van der Waals surface area contributed by atoms with Crippen molar-refractivity contribution in [3.05, 3.63) is 0 Å². The van der Waals surface area contributed by atoms with Crippen LogP contribution in [0, 0.1) is 5.92 Å². The van der Waals surface area contributed by atoms with Crippen molar-refractivity contribution in [2.24, 2.45) is 5.92 Å². The number of quaternary nitrogens is 1. The van der Waals surface area contributed by atoms with Gasteiger partial charge in [-0.15, -0.1) is 0 Å². The van der Waals surface area contributed by atoms with Gasteiger partial charge in [0, 0.05) is 6.54 Å². The van der Waals surface area contributed by atoms with Crippen molar-refractivity contribution >= 4 is 11.8 Å². The zero-order valence-electron chi connectivity index (χ0n) is 14.1. The van der Waals surface area contributed by atoms with E-state index in [1.165, 1.54) is 11.3 Å². The highest BCUT2D eigenvalue weighted by Gasteiger charge is 2.17. The minimum Gasteiger partial charge on any atom is -0.370 e. The summed E-state index contributed by atoms with van der Waals surface area (Å²) >= 11 is 0. The van der Waals surface area contributed by atoms with Crippen LogP contribution in [0.3, 0.4) is 0 Å². The highest BCUT2D eigenvalue weighted by Crippen LogP contribution is 2.10. The molecule has 0 spiro atoms. The van der Waals surface area contributed by atoms with E-state index in [9.17, 15) is 9.59 Å². The summed E-state index contributed by atoms with van der Waals surface area (Å²) in [4.78, 5) is 24.9. The van der Waals surface area contributed by atoms with E-state index < -0.39 is 11.8 Å². The smallest absolute Gasteiger partial charge is 0.309 e. The molecule has 2 amide bonds. The Balaban J connectivity index is 2.13. The number of unbranched alkanes of at least 4 members (excludes halogenated alkanes) is 1. The van der Waals surface area contributed by atoms with Crippen LogP contribution in [0.15, 0.2) is 0 Å². The number of carbonyl (C=O) groups is 2. The second kappa shape index (κ2) is 11.4. The monoisotopic (exact) mass is 314 g/mol. The molecule has 0 radical (unpaired) electrons. The van der Waals surface area contributed by atoms with Gasteiger partial charge in [-0.3, -0.25) is 9.59 Å². The van der Waals surface area contributed by atoms with Crippen LogP contribution < -0.4 is 15.5 Å². The van der Waals surface area contributed by atoms with Crippen LogP contribution in [-0.2, 0) is 14.3 Å². The molecule has 1 aliphatic rings. The lowest BCUT2D eigenvalue weighted by Gasteiger charge is -2.23. The van der Waals surface area contributed by atoms with Gasteiger partial charge < -0.3 is 20.3 Å². The lowest BCUT2D eigenvalue weighted by Crippen LogP contribution is -3.14. The molecule has 0 saturated carbocycles. The first-order chi connectivity index (χ1) is 10.7. The Kier molecular flexibility index (Phi) is 9.82. The molecule has 3 N–H and O–H groups in total. The fraction of sp³-hybridized carbons (Fsp3) is 0.875. The molecule has 6 nitrogen and oxygen atoms in total. The average molecular weight is 314 g/mol. The van der Waals surface area contributed by atoms with Crippen LogP contribution in [0.4, 0.5) is 0 Å². The Morgan fingerprint density at radius 1 is 1.14 bits per heavy atom. The highest BCUT2D eigenvalue weighted by atomic mass is 16.5. The molecule has 0 aromatic rings. The van der Waals surface area contributed by atoms with Gasteiger partial charge in [0.15, 0.2) is 0 Å². The van der Waals surface area contributed by atoms with Crippen LogP contribution in [0.25, 0.3) is 0 Å². The third-order valence-corrected chi connectivity index (χ3v) is 4.26. The summed E-state index contributed by atoms with van der Waals surface area (Å²) in [6.45, 7) is 9.75. The lowest BCUT2D eigenvalue weighted by molar-refractivity contribution is -0.906. The Bertz CT molecular complexity index is 331. The zero-order valence-corrected chi connectivity index (χ0v) is 14.1. The van der Waals surface area contributed by atoms with Gasteiger partial charge in [-0.25, -0.2) is 0 Å². The van der Waals surface area contributed by atoms with Crippen molar-refractivity contribution in [1.29, 1.82) is 0 Å². The van der Waals surface area contributed by atoms with Gasteiger partial charge in [-0.2, -0.15) is 0 Å². The van der Waals surface area contributed by atoms with Crippen molar-refractivity contribution in [3.8, 4) is 0 Å². The van der Waals surface area contributed by atoms with Crippen molar-refractivity contribution in [2.75, 3.05) is 45.9 Å². The van der Waals surface area contributed by atoms with Gasteiger partial charge in [0.2, 0.25) is 0 Å². The maximum atomic E-state index is 11.8. The Labute approximate surface area is 134 Å². The molecule has 0 aromatic carbocycles. The Morgan fingerprint density at radius 2 is 1.82 bits per heavy atom. The third kappa shape index (κ3) is 7.75. The molecule has 0 bridgehead atoms. The number of carbonyl (C=O) groups excluding carboxylic acids is 2. The topological polar surface area (TPSA) is 71.9 Å². The largest absolute Gasteiger partial charge is 0.370 e. The predicted octanol–water partition coefficient (Wildman–Crippen LogP) is -0.650. The number of hydrogen-bond acceptors (Lipinski definition) is 3. The molecule has 1 saturated heterocycles. The van der Waals surface area contributed by atoms with Gasteiger partial charge in [0.25, 0.3) is 0 Å². The van der Waals surface area contributed by atoms with Crippen molar-refractivity contribution in [3.63, 3.8) is 0 Å². The van der Waals surface area contributed by atoms with Gasteiger partial charge in [-0.1, -0.05) is 33.1 Å². The summed E-state index contributed by atoms with van der Waals surface area (Å²) in [5.41, 5.74) is 0. The fourth-order valence-corrected chi connectivity index (χ4v) is 2.60. The summed E-state index contributed by atoms with van der Waals surface area (Å²) in [5, 5.41) is 5.46. The molecule has 1 aliphatic heterocycles. The van der Waals surface area contributed by atoms with E-state index in [0.29, 0.717) is 19.0 Å². The maximum absolute atomic E-state index is 11.8. The van der Waals surface area contributed by atoms with E-state index in [0.717, 1.165) is 52.1 Å². The third-order valence-electron chi connectivity index (χ3n) is 4.26. The summed E-state index contributed by atoms with van der Waals surface area (Å²) in [7, 11) is 0. The molecule has 128 valence electrons. The van der Waals surface area contributed by atoms with Crippen LogP contribution in [0.5, 0.6) is 0 Å². The Morgan fingerprint density at radius 3 is 2.45 bits per heavy atom. The molecule has 1 heterocycles. The molecule has 0 aromatic heterocycles. The van der Waals surface area contributed by atoms with Crippen molar-refractivity contribution in [2.45, 2.75) is 39.5 Å². The summed E-state index contributed by atoms with van der Waals surface area (Å²) < 4.78 is 5.29. The van der Waals surface area contributed by atoms with E-state index in [4.69, 9.17) is 4.74 Å². The predicted molar refractivity (Wildman–Crippen MR) is 85.7 cm³/mol. The number of nitrogens with one attached hydrogen (secondary N) is 3. The van der Waals surface area contributed by atoms with E-state index in [-0.39, 0.29) is 0 Å². The normalized spacial score (nSPS) is 17.0. The van der Waals surface area contributed by atoms with Crippen LogP contribution in [0.1, 0.15) is 39.5 Å². The second-order valence-corrected chi connectivity index (χ2v) is 5.99. The number of hydrogen-bond donors (Lipinski definition) is 3. The molecule has 0 unspecified atom stereocenters. The minimum atomic E-state index is -0.516. The maximum Gasteiger partial charge on any atom is 0.309 e. The lowest BCUT2D eigenvalue weighted by atomic mass is 9.99. The number of ether oxygens (including phenoxy) is 1. The average Bonchev–Trinajstić information content (AvgIpc) is 2.55. The number of rotatable bonds is 9. The minimum absolute atomic E-state index is 0.467. The first-order valence-electron chi connectivity index (χ1n) is 8.64. The molecule has 1 atom stereocenters. The van der Waals surface area contributed by atoms with Crippen molar-refractivity contribution < 1.29 is 19.2 Å². The van der Waals surface area contributed by atoms with Gasteiger partial charge >= 0.3 is 11.8 Å². The van der Waals surface area contributed by atoms with E-state index in [1.54, 1.807) is 0 Å². The van der Waals surface area contributed by atoms with Gasteiger partial charge in [0.1, 0.15) is 13.1 Å². The van der Waals surface area contributed by atoms with E-state index in [2.05, 4.69) is 24.5 Å². The first kappa shape index (κ1) is 18.9. The molecule has 22 heavy (non-hydrogen) atoms. The number of amides is 2. The van der Waals surface area contributed by atoms with E-state index >= 15 is 0 Å². The van der Waals surface area contributed by atoms with Gasteiger partial charge in [-0.05, 0) is 12.3 Å². The van der Waals surface area contributed by atoms with Crippen LogP contribution in [-0.4, -0.2) is 57.8 Å². The van der Waals surface area contributed by atoms with Gasteiger partial charge in [0.05, 0.1) is 26.3 Å². The number of morpholine rings is 1. The molecule has 1 fully saturated rings. The fourth-order valence-electron chi connectivity index (χ4n) is 2.60. The summed E-state index contributed by atoms with van der Waals surface area (Å²) in [6, 6.07) is 0. The highest BCUT2D eigenvalue weighted by molar-refractivity contribution is 6.35. The summed E-state index contributed by atoms with van der Waals surface area (Å²) in [6.07, 6.45) is 4.47.